The summed E-state index contributed by atoms with van der Waals surface area (Å²) in [5.74, 6) is 0.251. The second-order valence-corrected chi connectivity index (χ2v) is 6.76. The highest BCUT2D eigenvalue weighted by Gasteiger charge is 2.17. The molecule has 1 heterocycles. The van der Waals surface area contributed by atoms with Crippen molar-refractivity contribution in [2.45, 2.75) is 52.1 Å². The number of aliphatic hydroxyl groups is 1. The summed E-state index contributed by atoms with van der Waals surface area (Å²) in [5, 5.41) is 12.6. The van der Waals surface area contributed by atoms with E-state index in [1.165, 1.54) is 23.3 Å². The minimum Gasteiger partial charge on any atom is -0.393 e. The molecular weight excluding hydrogens is 258 g/mol. The molecule has 0 saturated heterocycles. The third-order valence-electron chi connectivity index (χ3n) is 3.72. The summed E-state index contributed by atoms with van der Waals surface area (Å²) in [4.78, 5) is 14.2. The van der Waals surface area contributed by atoms with Crippen molar-refractivity contribution >= 4 is 17.2 Å². The molecule has 4 heteroatoms. The smallest absolute Gasteiger partial charge is 0.261 e. The molecule has 1 aliphatic carbocycles. The van der Waals surface area contributed by atoms with Crippen molar-refractivity contribution in [2.75, 3.05) is 6.54 Å². The lowest BCUT2D eigenvalue weighted by atomic mass is 9.99. The Morgan fingerprint density at radius 2 is 2.16 bits per heavy atom. The molecule has 1 unspecified atom stereocenters. The standard InChI is InChI=1S/C15H23NO2S/c1-10(2)12(17)7-8-16-15(18)14-9-11-5-3-4-6-13(11)19-14/h9-10,12,17H,3-8H2,1-2H3,(H,16,18). The van der Waals surface area contributed by atoms with E-state index in [4.69, 9.17) is 0 Å². The summed E-state index contributed by atoms with van der Waals surface area (Å²) in [7, 11) is 0. The van der Waals surface area contributed by atoms with Gasteiger partial charge in [-0.25, -0.2) is 0 Å². The van der Waals surface area contributed by atoms with Gasteiger partial charge in [0.2, 0.25) is 0 Å². The fourth-order valence-corrected chi connectivity index (χ4v) is 3.53. The van der Waals surface area contributed by atoms with Crippen molar-refractivity contribution in [1.29, 1.82) is 0 Å². The molecule has 19 heavy (non-hydrogen) atoms. The predicted molar refractivity (Wildman–Crippen MR) is 78.8 cm³/mol. The van der Waals surface area contributed by atoms with Gasteiger partial charge in [-0.1, -0.05) is 13.8 Å². The number of nitrogens with one attached hydrogen (secondary N) is 1. The molecule has 1 aromatic rings. The van der Waals surface area contributed by atoms with Crippen LogP contribution in [-0.2, 0) is 12.8 Å². The Bertz CT molecular complexity index is 416. The van der Waals surface area contributed by atoms with Crippen LogP contribution in [-0.4, -0.2) is 23.7 Å². The largest absolute Gasteiger partial charge is 0.393 e. The monoisotopic (exact) mass is 281 g/mol. The van der Waals surface area contributed by atoms with E-state index in [1.807, 2.05) is 19.9 Å². The van der Waals surface area contributed by atoms with Crippen LogP contribution in [0.4, 0.5) is 0 Å². The fraction of sp³-hybridized carbons (Fsp3) is 0.667. The molecule has 0 aromatic carbocycles. The second-order valence-electron chi connectivity index (χ2n) is 5.62. The first-order valence-electron chi connectivity index (χ1n) is 7.15. The number of hydrogen-bond donors (Lipinski definition) is 2. The first-order chi connectivity index (χ1) is 9.08. The average Bonchev–Trinajstić information content (AvgIpc) is 2.82. The molecular formula is C15H23NO2S. The predicted octanol–water partition coefficient (Wildman–Crippen LogP) is 2.76. The molecule has 0 saturated carbocycles. The summed E-state index contributed by atoms with van der Waals surface area (Å²) in [6, 6.07) is 2.05. The van der Waals surface area contributed by atoms with E-state index in [9.17, 15) is 9.90 Å². The van der Waals surface area contributed by atoms with Crippen molar-refractivity contribution in [3.63, 3.8) is 0 Å². The molecule has 1 amide bonds. The third kappa shape index (κ3) is 3.80. The molecule has 0 spiro atoms. The lowest BCUT2D eigenvalue weighted by Gasteiger charge is -2.14. The maximum absolute atomic E-state index is 12.0. The van der Waals surface area contributed by atoms with Gasteiger partial charge in [-0.15, -0.1) is 11.3 Å². The number of aliphatic hydroxyl groups excluding tert-OH is 1. The Labute approximate surface area is 119 Å². The molecule has 2 rings (SSSR count). The van der Waals surface area contributed by atoms with E-state index >= 15 is 0 Å². The molecule has 0 radical (unpaired) electrons. The summed E-state index contributed by atoms with van der Waals surface area (Å²) < 4.78 is 0. The van der Waals surface area contributed by atoms with Crippen LogP contribution in [0.25, 0.3) is 0 Å². The van der Waals surface area contributed by atoms with Crippen LogP contribution in [0, 0.1) is 5.92 Å². The van der Waals surface area contributed by atoms with Crippen LogP contribution in [0.15, 0.2) is 6.07 Å². The molecule has 1 aliphatic rings. The highest BCUT2D eigenvalue weighted by atomic mass is 32.1. The minimum absolute atomic E-state index is 0.00959. The van der Waals surface area contributed by atoms with Crippen LogP contribution >= 0.6 is 11.3 Å². The minimum atomic E-state index is -0.336. The Morgan fingerprint density at radius 3 is 2.84 bits per heavy atom. The van der Waals surface area contributed by atoms with Crippen LogP contribution in [0.1, 0.15) is 53.2 Å². The second kappa shape index (κ2) is 6.53. The van der Waals surface area contributed by atoms with E-state index in [1.54, 1.807) is 11.3 Å². The van der Waals surface area contributed by atoms with Crippen molar-refractivity contribution in [3.05, 3.63) is 21.4 Å². The zero-order valence-electron chi connectivity index (χ0n) is 11.7. The third-order valence-corrected chi connectivity index (χ3v) is 4.95. The highest BCUT2D eigenvalue weighted by molar-refractivity contribution is 7.14. The molecule has 3 nitrogen and oxygen atoms in total. The lowest BCUT2D eigenvalue weighted by molar-refractivity contribution is 0.0924. The summed E-state index contributed by atoms with van der Waals surface area (Å²) >= 11 is 1.63. The van der Waals surface area contributed by atoms with Crippen molar-refractivity contribution in [3.8, 4) is 0 Å². The van der Waals surface area contributed by atoms with Gasteiger partial charge in [0.05, 0.1) is 11.0 Å². The van der Waals surface area contributed by atoms with E-state index < -0.39 is 0 Å². The topological polar surface area (TPSA) is 49.3 Å². The van der Waals surface area contributed by atoms with E-state index in [0.29, 0.717) is 13.0 Å². The Balaban J connectivity index is 1.84. The van der Waals surface area contributed by atoms with Crippen molar-refractivity contribution < 1.29 is 9.90 Å². The average molecular weight is 281 g/mol. The molecule has 106 valence electrons. The van der Waals surface area contributed by atoms with E-state index in [-0.39, 0.29) is 17.9 Å². The van der Waals surface area contributed by atoms with Crippen LogP contribution < -0.4 is 5.32 Å². The number of fused-ring (bicyclic) bond motifs is 1. The van der Waals surface area contributed by atoms with Crippen molar-refractivity contribution in [2.24, 2.45) is 5.92 Å². The van der Waals surface area contributed by atoms with Gasteiger partial charge in [0.25, 0.3) is 5.91 Å². The molecule has 2 N–H and O–H groups in total. The van der Waals surface area contributed by atoms with Crippen LogP contribution in [0.2, 0.25) is 0 Å². The van der Waals surface area contributed by atoms with Gasteiger partial charge in [0.1, 0.15) is 0 Å². The number of carbonyl (C=O) groups is 1. The molecule has 0 fully saturated rings. The molecule has 1 atom stereocenters. The quantitative estimate of drug-likeness (QED) is 0.872. The number of carbonyl (C=O) groups excluding carboxylic acids is 1. The highest BCUT2D eigenvalue weighted by Crippen LogP contribution is 2.29. The van der Waals surface area contributed by atoms with Crippen LogP contribution in [0.5, 0.6) is 0 Å². The van der Waals surface area contributed by atoms with Gasteiger partial charge >= 0.3 is 0 Å². The lowest BCUT2D eigenvalue weighted by Crippen LogP contribution is -2.28. The maximum atomic E-state index is 12.0. The number of amides is 1. The molecule has 1 aromatic heterocycles. The first-order valence-corrected chi connectivity index (χ1v) is 7.97. The normalized spacial score (nSPS) is 16.2. The van der Waals surface area contributed by atoms with Gasteiger partial charge in [0, 0.05) is 11.4 Å². The fourth-order valence-electron chi connectivity index (χ4n) is 2.36. The first kappa shape index (κ1) is 14.5. The number of hydrogen-bond acceptors (Lipinski definition) is 3. The maximum Gasteiger partial charge on any atom is 0.261 e. The SMILES string of the molecule is CC(C)C(O)CCNC(=O)c1cc2c(s1)CCCC2. The van der Waals surface area contributed by atoms with Gasteiger partial charge in [0.15, 0.2) is 0 Å². The van der Waals surface area contributed by atoms with Crippen LogP contribution in [0.3, 0.4) is 0 Å². The Hall–Kier alpha value is -0.870. The van der Waals surface area contributed by atoms with E-state index in [2.05, 4.69) is 5.32 Å². The molecule has 0 bridgehead atoms. The Kier molecular flexibility index (Phi) is 4.99. The zero-order valence-corrected chi connectivity index (χ0v) is 12.6. The van der Waals surface area contributed by atoms with Gasteiger partial charge in [-0.3, -0.25) is 4.79 Å². The zero-order chi connectivity index (χ0) is 13.8. The summed E-state index contributed by atoms with van der Waals surface area (Å²) in [6.45, 7) is 4.51. The van der Waals surface area contributed by atoms with E-state index in [0.717, 1.165) is 17.7 Å². The summed E-state index contributed by atoms with van der Waals surface area (Å²) in [5.41, 5.74) is 1.36. The van der Waals surface area contributed by atoms with Gasteiger partial charge in [-0.05, 0) is 49.7 Å². The number of thiophene rings is 1. The number of aryl methyl sites for hydroxylation is 2. The van der Waals surface area contributed by atoms with Crippen molar-refractivity contribution in [1.82, 2.24) is 5.32 Å². The number of rotatable bonds is 5. The Morgan fingerprint density at radius 1 is 1.42 bits per heavy atom. The molecule has 0 aliphatic heterocycles. The van der Waals surface area contributed by atoms with Gasteiger partial charge < -0.3 is 10.4 Å². The summed E-state index contributed by atoms with van der Waals surface area (Å²) in [6.07, 6.45) is 5.01. The van der Waals surface area contributed by atoms with Gasteiger partial charge in [-0.2, -0.15) is 0 Å².